The van der Waals surface area contributed by atoms with Gasteiger partial charge in [0.15, 0.2) is 0 Å². The lowest BCUT2D eigenvalue weighted by atomic mass is 9.91. The highest BCUT2D eigenvalue weighted by Crippen LogP contribution is 2.35. The summed E-state index contributed by atoms with van der Waals surface area (Å²) in [6.07, 6.45) is 1.43. The Labute approximate surface area is 181 Å². The predicted molar refractivity (Wildman–Crippen MR) is 127 cm³/mol. The van der Waals surface area contributed by atoms with Crippen molar-refractivity contribution in [3.05, 3.63) is 82.9 Å². The summed E-state index contributed by atoms with van der Waals surface area (Å²) >= 11 is 0. The molecule has 0 radical (unpaired) electrons. The van der Waals surface area contributed by atoms with Crippen molar-refractivity contribution in [2.24, 2.45) is 0 Å². The van der Waals surface area contributed by atoms with E-state index in [1.165, 1.54) is 5.56 Å². The minimum atomic E-state index is 0.253. The van der Waals surface area contributed by atoms with Crippen molar-refractivity contribution in [3.63, 3.8) is 0 Å². The van der Waals surface area contributed by atoms with Gasteiger partial charge in [-0.3, -0.25) is 0 Å². The molecule has 0 amide bonds. The molecule has 6 heteroatoms. The minimum absolute atomic E-state index is 0.253. The van der Waals surface area contributed by atoms with E-state index in [2.05, 4.69) is 35.3 Å². The molecule has 6 nitrogen and oxygen atoms in total. The number of hydrogen-bond donors (Lipinski definition) is 3. The molecule has 0 saturated heterocycles. The molecule has 0 fully saturated rings. The zero-order valence-corrected chi connectivity index (χ0v) is 17.7. The maximum atomic E-state index is 6.44. The molecule has 3 aromatic carbocycles. The van der Waals surface area contributed by atoms with Gasteiger partial charge in [-0.1, -0.05) is 30.3 Å². The summed E-state index contributed by atoms with van der Waals surface area (Å²) in [5.41, 5.74) is 24.6. The summed E-state index contributed by atoms with van der Waals surface area (Å²) < 4.78 is 10.6. The number of nitrogens with two attached hydrogens (primary N) is 3. The summed E-state index contributed by atoms with van der Waals surface area (Å²) in [4.78, 5) is 4.47. The van der Waals surface area contributed by atoms with E-state index in [4.69, 9.17) is 26.7 Å². The molecule has 4 rings (SSSR count). The molecule has 0 bridgehead atoms. The van der Waals surface area contributed by atoms with Crippen molar-refractivity contribution in [2.45, 2.75) is 12.8 Å². The second kappa shape index (κ2) is 8.44. The number of aromatic nitrogens is 1. The molecular weight excluding hydrogens is 388 g/mol. The van der Waals surface area contributed by atoms with Crippen LogP contribution in [0.5, 0.6) is 11.5 Å². The Morgan fingerprint density at radius 1 is 0.677 bits per heavy atom. The van der Waals surface area contributed by atoms with Gasteiger partial charge in [-0.15, -0.1) is 0 Å². The van der Waals surface area contributed by atoms with Gasteiger partial charge < -0.3 is 26.7 Å². The molecule has 6 N–H and O–H groups in total. The Bertz CT molecular complexity index is 1220. The van der Waals surface area contributed by atoms with Gasteiger partial charge in [0.05, 0.1) is 31.1 Å². The van der Waals surface area contributed by atoms with Crippen LogP contribution in [0.2, 0.25) is 0 Å². The first kappa shape index (κ1) is 20.3. The fourth-order valence-electron chi connectivity index (χ4n) is 3.81. The standard InChI is InChI=1S/C25H26N4O2/c1-30-18-8-3-15(4-9-18)13-17-7-12-21-22(23(26)24(27)25(28)29-21)20(17)14-16-5-10-19(31-2)11-6-16/h3-12H,13-14,27H2,1-2H3,(H4,26,28,29). The summed E-state index contributed by atoms with van der Waals surface area (Å²) in [5.74, 6) is 1.90. The van der Waals surface area contributed by atoms with E-state index in [1.54, 1.807) is 14.2 Å². The molecule has 0 atom stereocenters. The third-order valence-electron chi connectivity index (χ3n) is 5.56. The number of nitrogens with zero attached hydrogens (tertiary/aromatic N) is 1. The van der Waals surface area contributed by atoms with E-state index in [1.807, 2.05) is 30.3 Å². The summed E-state index contributed by atoms with van der Waals surface area (Å²) in [6.45, 7) is 0. The van der Waals surface area contributed by atoms with Crippen molar-refractivity contribution >= 4 is 28.1 Å². The molecule has 1 aromatic heterocycles. The van der Waals surface area contributed by atoms with Crippen molar-refractivity contribution in [2.75, 3.05) is 31.4 Å². The smallest absolute Gasteiger partial charge is 0.149 e. The highest BCUT2D eigenvalue weighted by molar-refractivity contribution is 6.02. The second-order valence-corrected chi connectivity index (χ2v) is 7.47. The topological polar surface area (TPSA) is 109 Å². The van der Waals surface area contributed by atoms with Crippen molar-refractivity contribution < 1.29 is 9.47 Å². The third-order valence-corrected chi connectivity index (χ3v) is 5.56. The molecule has 31 heavy (non-hydrogen) atoms. The van der Waals surface area contributed by atoms with E-state index >= 15 is 0 Å². The quantitative estimate of drug-likeness (QED) is 0.437. The van der Waals surface area contributed by atoms with E-state index in [0.29, 0.717) is 17.8 Å². The Hall–Kier alpha value is -3.93. The molecule has 0 aliphatic carbocycles. The van der Waals surface area contributed by atoms with Crippen LogP contribution in [-0.2, 0) is 12.8 Å². The first-order valence-corrected chi connectivity index (χ1v) is 10.0. The summed E-state index contributed by atoms with van der Waals surface area (Å²) in [7, 11) is 3.32. The largest absolute Gasteiger partial charge is 0.497 e. The maximum absolute atomic E-state index is 6.44. The fourth-order valence-corrected chi connectivity index (χ4v) is 3.81. The molecule has 4 aromatic rings. The monoisotopic (exact) mass is 414 g/mol. The number of anilines is 3. The van der Waals surface area contributed by atoms with Crippen molar-refractivity contribution in [1.29, 1.82) is 0 Å². The Morgan fingerprint density at radius 2 is 1.23 bits per heavy atom. The second-order valence-electron chi connectivity index (χ2n) is 7.47. The van der Waals surface area contributed by atoms with E-state index in [-0.39, 0.29) is 5.82 Å². The van der Waals surface area contributed by atoms with Crippen molar-refractivity contribution in [1.82, 2.24) is 4.98 Å². The van der Waals surface area contributed by atoms with Gasteiger partial charge in [0.25, 0.3) is 0 Å². The molecule has 0 aliphatic rings. The van der Waals surface area contributed by atoms with Gasteiger partial charge >= 0.3 is 0 Å². The third kappa shape index (κ3) is 4.05. The van der Waals surface area contributed by atoms with Gasteiger partial charge in [0.1, 0.15) is 17.3 Å². The zero-order valence-electron chi connectivity index (χ0n) is 17.7. The highest BCUT2D eigenvalue weighted by atomic mass is 16.5. The number of pyridine rings is 1. The summed E-state index contributed by atoms with van der Waals surface area (Å²) in [5, 5.41) is 0.855. The number of rotatable bonds is 6. The lowest BCUT2D eigenvalue weighted by Gasteiger charge is -2.17. The average Bonchev–Trinajstić information content (AvgIpc) is 2.80. The number of nitrogen functional groups attached to an aromatic ring is 3. The van der Waals surface area contributed by atoms with Gasteiger partial charge in [0, 0.05) is 5.39 Å². The molecule has 0 unspecified atom stereocenters. The summed E-state index contributed by atoms with van der Waals surface area (Å²) in [6, 6.07) is 20.1. The molecule has 0 aliphatic heterocycles. The van der Waals surface area contributed by atoms with Gasteiger partial charge in [0.2, 0.25) is 0 Å². The van der Waals surface area contributed by atoms with E-state index < -0.39 is 0 Å². The van der Waals surface area contributed by atoms with Crippen LogP contribution in [0.3, 0.4) is 0 Å². The predicted octanol–water partition coefficient (Wildman–Crippen LogP) is 4.18. The lowest BCUT2D eigenvalue weighted by Crippen LogP contribution is -2.07. The van der Waals surface area contributed by atoms with E-state index in [9.17, 15) is 0 Å². The molecule has 0 spiro atoms. The molecular formula is C25H26N4O2. The van der Waals surface area contributed by atoms with Crippen molar-refractivity contribution in [3.8, 4) is 11.5 Å². The first-order chi connectivity index (χ1) is 15.0. The molecule has 0 saturated carbocycles. The van der Waals surface area contributed by atoms with Crippen LogP contribution in [0.4, 0.5) is 17.2 Å². The zero-order chi connectivity index (χ0) is 22.0. The minimum Gasteiger partial charge on any atom is -0.497 e. The average molecular weight is 415 g/mol. The number of fused-ring (bicyclic) bond motifs is 1. The number of hydrogen-bond acceptors (Lipinski definition) is 6. The Balaban J connectivity index is 1.84. The van der Waals surface area contributed by atoms with E-state index in [0.717, 1.165) is 45.5 Å². The highest BCUT2D eigenvalue weighted by Gasteiger charge is 2.16. The number of ether oxygens (including phenoxy) is 2. The van der Waals surface area contributed by atoms with Crippen LogP contribution >= 0.6 is 0 Å². The maximum Gasteiger partial charge on any atom is 0.149 e. The first-order valence-electron chi connectivity index (χ1n) is 10.0. The number of methoxy groups -OCH3 is 2. The van der Waals surface area contributed by atoms with Gasteiger partial charge in [-0.05, 0) is 65.4 Å². The van der Waals surface area contributed by atoms with Gasteiger partial charge in [-0.25, -0.2) is 4.98 Å². The lowest BCUT2D eigenvalue weighted by molar-refractivity contribution is 0.414. The van der Waals surface area contributed by atoms with Crippen LogP contribution < -0.4 is 26.7 Å². The van der Waals surface area contributed by atoms with Crippen LogP contribution in [0.25, 0.3) is 10.9 Å². The van der Waals surface area contributed by atoms with Crippen LogP contribution in [0, 0.1) is 0 Å². The Kier molecular flexibility index (Phi) is 5.54. The fraction of sp³-hybridized carbons (Fsp3) is 0.160. The van der Waals surface area contributed by atoms with Crippen LogP contribution in [0.15, 0.2) is 60.7 Å². The Morgan fingerprint density at radius 3 is 1.77 bits per heavy atom. The van der Waals surface area contributed by atoms with Crippen LogP contribution in [-0.4, -0.2) is 19.2 Å². The number of benzene rings is 3. The molecule has 1 heterocycles. The van der Waals surface area contributed by atoms with Crippen LogP contribution in [0.1, 0.15) is 22.3 Å². The normalized spacial score (nSPS) is 10.9. The molecule has 158 valence electrons. The van der Waals surface area contributed by atoms with Gasteiger partial charge in [-0.2, -0.15) is 0 Å². The SMILES string of the molecule is COc1ccc(Cc2ccc3nc(N)c(N)c(N)c3c2Cc2ccc(OC)cc2)cc1.